The minimum absolute atomic E-state index is 0.235. The van der Waals surface area contributed by atoms with Gasteiger partial charge in [0.15, 0.2) is 0 Å². The highest BCUT2D eigenvalue weighted by atomic mass is 32.2. The van der Waals surface area contributed by atoms with Gasteiger partial charge in [0.1, 0.15) is 0 Å². The quantitative estimate of drug-likeness (QED) is 0.643. The molecule has 6 nitrogen and oxygen atoms in total. The number of rotatable bonds is 5. The van der Waals surface area contributed by atoms with E-state index in [0.717, 1.165) is 38.1 Å². The van der Waals surface area contributed by atoms with Gasteiger partial charge >= 0.3 is 5.69 Å². The molecule has 1 saturated heterocycles. The van der Waals surface area contributed by atoms with Gasteiger partial charge in [-0.2, -0.15) is 4.39 Å². The van der Waals surface area contributed by atoms with Gasteiger partial charge in [0.2, 0.25) is 11.7 Å². The van der Waals surface area contributed by atoms with E-state index in [9.17, 15) is 19.3 Å². The van der Waals surface area contributed by atoms with Crippen LogP contribution in [0.1, 0.15) is 12.8 Å². The van der Waals surface area contributed by atoms with Gasteiger partial charge in [0.25, 0.3) is 0 Å². The number of hydrogen-bond acceptors (Lipinski definition) is 5. The molecule has 0 spiro atoms. The number of nitrogens with one attached hydrogen (secondary N) is 2. The van der Waals surface area contributed by atoms with E-state index in [-0.39, 0.29) is 17.3 Å². The van der Waals surface area contributed by atoms with Crippen molar-refractivity contribution in [2.24, 2.45) is 0 Å². The maximum absolute atomic E-state index is 13.2. The zero-order valence-corrected chi connectivity index (χ0v) is 12.1. The monoisotopic (exact) mass is 313 g/mol. The molecule has 1 fully saturated rings. The van der Waals surface area contributed by atoms with E-state index < -0.39 is 16.4 Å². The van der Waals surface area contributed by atoms with Crippen LogP contribution in [0.15, 0.2) is 18.2 Å². The van der Waals surface area contributed by atoms with Gasteiger partial charge in [-0.3, -0.25) is 14.9 Å². The first-order valence-electron chi connectivity index (χ1n) is 6.62. The van der Waals surface area contributed by atoms with Gasteiger partial charge in [-0.1, -0.05) is 0 Å². The molecule has 0 aromatic heterocycles. The molecule has 8 heteroatoms. The lowest BCUT2D eigenvalue weighted by Crippen LogP contribution is -2.30. The second-order valence-corrected chi connectivity index (χ2v) is 6.02. The second-order valence-electron chi connectivity index (χ2n) is 4.73. The lowest BCUT2D eigenvalue weighted by molar-refractivity contribution is -0.387. The van der Waals surface area contributed by atoms with E-state index in [1.165, 1.54) is 6.07 Å². The summed E-state index contributed by atoms with van der Waals surface area (Å²) in [6.45, 7) is 1.92. The Morgan fingerprint density at radius 2 is 2.19 bits per heavy atom. The van der Waals surface area contributed by atoms with Crippen LogP contribution in [-0.2, 0) is 4.79 Å². The van der Waals surface area contributed by atoms with E-state index >= 15 is 0 Å². The van der Waals surface area contributed by atoms with Gasteiger partial charge in [-0.15, -0.1) is 11.8 Å². The number of anilines is 1. The molecule has 1 aromatic rings. The first-order chi connectivity index (χ1) is 10.1. The summed E-state index contributed by atoms with van der Waals surface area (Å²) in [7, 11) is 0. The molecule has 114 valence electrons. The molecule has 2 N–H and O–H groups in total. The van der Waals surface area contributed by atoms with Crippen molar-refractivity contribution in [2.45, 2.75) is 18.1 Å². The molecule has 1 aliphatic heterocycles. The number of amides is 1. The Morgan fingerprint density at radius 1 is 1.48 bits per heavy atom. The summed E-state index contributed by atoms with van der Waals surface area (Å²) in [5.41, 5.74) is -0.405. The van der Waals surface area contributed by atoms with E-state index in [2.05, 4.69) is 10.6 Å². The average molecular weight is 313 g/mol. The Bertz CT molecular complexity index is 535. The van der Waals surface area contributed by atoms with Gasteiger partial charge in [-0.25, -0.2) is 0 Å². The molecule has 0 bridgehead atoms. The van der Waals surface area contributed by atoms with Crippen LogP contribution in [0.2, 0.25) is 0 Å². The zero-order chi connectivity index (χ0) is 15.2. The van der Waals surface area contributed by atoms with Crippen molar-refractivity contribution < 1.29 is 14.1 Å². The van der Waals surface area contributed by atoms with Gasteiger partial charge in [-0.05, 0) is 38.1 Å². The first-order valence-corrected chi connectivity index (χ1v) is 7.67. The van der Waals surface area contributed by atoms with Crippen LogP contribution in [0.5, 0.6) is 0 Å². The highest BCUT2D eigenvalue weighted by Crippen LogP contribution is 2.23. The SMILES string of the molecule is O=C(CSC1CCNCC1)Nc1ccc(F)c([N+](=O)[O-])c1. The highest BCUT2D eigenvalue weighted by Gasteiger charge is 2.17. The number of hydrogen-bond donors (Lipinski definition) is 2. The average Bonchev–Trinajstić information content (AvgIpc) is 2.48. The van der Waals surface area contributed by atoms with E-state index in [0.29, 0.717) is 5.25 Å². The van der Waals surface area contributed by atoms with E-state index in [1.807, 2.05) is 0 Å². The highest BCUT2D eigenvalue weighted by molar-refractivity contribution is 8.00. The maximum Gasteiger partial charge on any atom is 0.306 e. The number of nitrogens with zero attached hydrogens (tertiary/aromatic N) is 1. The zero-order valence-electron chi connectivity index (χ0n) is 11.3. The summed E-state index contributed by atoms with van der Waals surface area (Å²) in [5.74, 6) is -0.864. The first kappa shape index (κ1) is 15.7. The van der Waals surface area contributed by atoms with Crippen LogP contribution in [-0.4, -0.2) is 34.9 Å². The van der Waals surface area contributed by atoms with Gasteiger partial charge in [0, 0.05) is 17.0 Å². The molecule has 0 unspecified atom stereocenters. The summed E-state index contributed by atoms with van der Waals surface area (Å²) in [6, 6.07) is 3.32. The molecule has 1 aromatic carbocycles. The van der Waals surface area contributed by atoms with Crippen molar-refractivity contribution in [3.8, 4) is 0 Å². The molecule has 0 aliphatic carbocycles. The van der Waals surface area contributed by atoms with Crippen LogP contribution in [0.3, 0.4) is 0 Å². The molecular weight excluding hydrogens is 297 g/mol. The van der Waals surface area contributed by atoms with Crippen molar-refractivity contribution in [1.82, 2.24) is 5.32 Å². The Balaban J connectivity index is 1.87. The minimum Gasteiger partial charge on any atom is -0.325 e. The number of nitro benzene ring substituents is 1. The Hall–Kier alpha value is -1.67. The molecule has 0 saturated carbocycles. The predicted molar refractivity (Wildman–Crippen MR) is 80.0 cm³/mol. The predicted octanol–water partition coefficient (Wildman–Crippen LogP) is 2.16. The topological polar surface area (TPSA) is 84.3 Å². The molecule has 1 amide bonds. The van der Waals surface area contributed by atoms with Crippen molar-refractivity contribution in [3.63, 3.8) is 0 Å². The molecule has 1 heterocycles. The number of halogens is 1. The Morgan fingerprint density at radius 3 is 2.86 bits per heavy atom. The molecule has 1 aliphatic rings. The third-order valence-electron chi connectivity index (χ3n) is 3.16. The fourth-order valence-corrected chi connectivity index (χ4v) is 3.11. The third-order valence-corrected chi connectivity index (χ3v) is 4.53. The largest absolute Gasteiger partial charge is 0.325 e. The third kappa shape index (κ3) is 4.68. The van der Waals surface area contributed by atoms with Crippen LogP contribution in [0.25, 0.3) is 0 Å². The fourth-order valence-electron chi connectivity index (χ4n) is 2.08. The summed E-state index contributed by atoms with van der Waals surface area (Å²) in [4.78, 5) is 21.6. The van der Waals surface area contributed by atoms with Gasteiger partial charge < -0.3 is 10.6 Å². The van der Waals surface area contributed by atoms with Crippen molar-refractivity contribution in [2.75, 3.05) is 24.2 Å². The summed E-state index contributed by atoms with van der Waals surface area (Å²) in [5, 5.41) is 16.9. The van der Waals surface area contributed by atoms with Crippen LogP contribution in [0, 0.1) is 15.9 Å². The molecule has 0 radical (unpaired) electrons. The summed E-state index contributed by atoms with van der Waals surface area (Å²) < 4.78 is 13.2. The summed E-state index contributed by atoms with van der Waals surface area (Å²) >= 11 is 1.58. The number of benzene rings is 1. The number of carbonyl (C=O) groups excluding carboxylic acids is 1. The lowest BCUT2D eigenvalue weighted by Gasteiger charge is -2.21. The molecule has 21 heavy (non-hydrogen) atoms. The van der Waals surface area contributed by atoms with E-state index in [1.54, 1.807) is 11.8 Å². The lowest BCUT2D eigenvalue weighted by atomic mass is 10.2. The van der Waals surface area contributed by atoms with Crippen LogP contribution >= 0.6 is 11.8 Å². The van der Waals surface area contributed by atoms with Crippen molar-refractivity contribution >= 4 is 29.0 Å². The fraction of sp³-hybridized carbons (Fsp3) is 0.462. The van der Waals surface area contributed by atoms with Crippen molar-refractivity contribution in [1.29, 1.82) is 0 Å². The van der Waals surface area contributed by atoms with Crippen LogP contribution < -0.4 is 10.6 Å². The molecule has 0 atom stereocenters. The number of thioether (sulfide) groups is 1. The smallest absolute Gasteiger partial charge is 0.306 e. The Labute approximate surface area is 125 Å². The number of carbonyl (C=O) groups is 1. The number of piperidine rings is 1. The normalized spacial score (nSPS) is 15.7. The minimum atomic E-state index is -0.915. The summed E-state index contributed by atoms with van der Waals surface area (Å²) in [6.07, 6.45) is 2.06. The molecule has 2 rings (SSSR count). The van der Waals surface area contributed by atoms with Crippen LogP contribution in [0.4, 0.5) is 15.8 Å². The molecular formula is C13H16FN3O3S. The van der Waals surface area contributed by atoms with Gasteiger partial charge in [0.05, 0.1) is 10.7 Å². The maximum atomic E-state index is 13.2. The van der Waals surface area contributed by atoms with E-state index in [4.69, 9.17) is 0 Å². The number of nitro groups is 1. The second kappa shape index (κ2) is 7.37. The standard InChI is InChI=1S/C13H16FN3O3S/c14-11-2-1-9(7-12(11)17(19)20)16-13(18)8-21-10-3-5-15-6-4-10/h1-2,7,10,15H,3-6,8H2,(H,16,18). The van der Waals surface area contributed by atoms with Crippen molar-refractivity contribution in [3.05, 3.63) is 34.1 Å². The Kier molecular flexibility index (Phi) is 5.51.